The van der Waals surface area contributed by atoms with Gasteiger partial charge in [0, 0.05) is 22.4 Å². The van der Waals surface area contributed by atoms with Gasteiger partial charge in [-0.1, -0.05) is 15.9 Å². The molecule has 0 aliphatic heterocycles. The number of hydrogen-bond acceptors (Lipinski definition) is 3. The number of rotatable bonds is 3. The largest absolute Gasteiger partial charge is 0.496 e. The van der Waals surface area contributed by atoms with Crippen molar-refractivity contribution in [1.82, 2.24) is 4.57 Å². The molecule has 4 nitrogen and oxygen atoms in total. The first-order valence-electron chi connectivity index (χ1n) is 5.48. The number of nitrogens with zero attached hydrogens (tertiary/aromatic N) is 1. The molecule has 0 bridgehead atoms. The van der Waals surface area contributed by atoms with Gasteiger partial charge < -0.3 is 15.0 Å². The van der Waals surface area contributed by atoms with Crippen molar-refractivity contribution in [3.8, 4) is 5.75 Å². The molecule has 2 N–H and O–H groups in total. The molecule has 19 heavy (non-hydrogen) atoms. The normalized spacial score (nSPS) is 10.5. The summed E-state index contributed by atoms with van der Waals surface area (Å²) in [5.41, 5.74) is 6.68. The number of methoxy groups -OCH3 is 1. The maximum absolute atomic E-state index is 11.5. The van der Waals surface area contributed by atoms with Crippen molar-refractivity contribution < 1.29 is 4.74 Å². The number of nitrogen functional groups attached to an aromatic ring is 1. The SMILES string of the molecule is COc1ccc(Br)cc1Cn1cc(N)c(=O)c(Br)c1. The number of anilines is 1. The Labute approximate surface area is 127 Å². The summed E-state index contributed by atoms with van der Waals surface area (Å²) in [6.07, 6.45) is 3.33. The summed E-state index contributed by atoms with van der Waals surface area (Å²) in [5, 5.41) is 0. The predicted octanol–water partition coefficient (Wildman–Crippen LogP) is 3.01. The average molecular weight is 388 g/mol. The molecule has 0 atom stereocenters. The van der Waals surface area contributed by atoms with Gasteiger partial charge >= 0.3 is 0 Å². The Kier molecular flexibility index (Phi) is 4.31. The fraction of sp³-hybridized carbons (Fsp3) is 0.154. The van der Waals surface area contributed by atoms with E-state index in [0.717, 1.165) is 15.8 Å². The minimum absolute atomic E-state index is 0.197. The number of hydrogen-bond donors (Lipinski definition) is 1. The van der Waals surface area contributed by atoms with Crippen LogP contribution in [0.2, 0.25) is 0 Å². The van der Waals surface area contributed by atoms with E-state index in [9.17, 15) is 4.79 Å². The molecule has 1 heterocycles. The molecule has 2 aromatic rings. The number of benzene rings is 1. The Balaban J connectivity index is 2.41. The van der Waals surface area contributed by atoms with Crippen LogP contribution in [0.1, 0.15) is 5.56 Å². The van der Waals surface area contributed by atoms with E-state index in [1.165, 1.54) is 0 Å². The van der Waals surface area contributed by atoms with Crippen molar-refractivity contribution >= 4 is 37.5 Å². The van der Waals surface area contributed by atoms with Crippen molar-refractivity contribution in [3.05, 3.63) is 55.3 Å². The van der Waals surface area contributed by atoms with E-state index < -0.39 is 0 Å². The maximum Gasteiger partial charge on any atom is 0.218 e. The van der Waals surface area contributed by atoms with Gasteiger partial charge in [0.2, 0.25) is 5.43 Å². The average Bonchev–Trinajstić information content (AvgIpc) is 2.36. The molecule has 0 unspecified atom stereocenters. The lowest BCUT2D eigenvalue weighted by Gasteiger charge is -2.12. The van der Waals surface area contributed by atoms with Crippen molar-refractivity contribution in [2.45, 2.75) is 6.54 Å². The Hall–Kier alpha value is -1.27. The summed E-state index contributed by atoms with van der Waals surface area (Å²) in [7, 11) is 1.63. The zero-order valence-electron chi connectivity index (χ0n) is 10.2. The van der Waals surface area contributed by atoms with Crippen LogP contribution in [0.25, 0.3) is 0 Å². The summed E-state index contributed by atoms with van der Waals surface area (Å²) in [6.45, 7) is 0.561. The summed E-state index contributed by atoms with van der Waals surface area (Å²) >= 11 is 6.64. The van der Waals surface area contributed by atoms with Gasteiger partial charge in [0.1, 0.15) is 5.75 Å². The highest BCUT2D eigenvalue weighted by atomic mass is 79.9. The first-order valence-corrected chi connectivity index (χ1v) is 7.07. The topological polar surface area (TPSA) is 57.2 Å². The van der Waals surface area contributed by atoms with E-state index in [0.29, 0.717) is 11.0 Å². The van der Waals surface area contributed by atoms with Gasteiger partial charge in [0.25, 0.3) is 0 Å². The molecule has 0 saturated heterocycles. The van der Waals surface area contributed by atoms with Crippen LogP contribution in [-0.4, -0.2) is 11.7 Å². The number of halogens is 2. The highest BCUT2D eigenvalue weighted by molar-refractivity contribution is 9.10. The molecule has 6 heteroatoms. The summed E-state index contributed by atoms with van der Waals surface area (Å²) < 4.78 is 8.57. The van der Waals surface area contributed by atoms with Crippen molar-refractivity contribution in [3.63, 3.8) is 0 Å². The minimum Gasteiger partial charge on any atom is -0.496 e. The summed E-state index contributed by atoms with van der Waals surface area (Å²) in [5.74, 6) is 0.789. The second-order valence-electron chi connectivity index (χ2n) is 4.02. The third kappa shape index (κ3) is 3.19. The zero-order chi connectivity index (χ0) is 14.0. The van der Waals surface area contributed by atoms with Crippen LogP contribution in [0.5, 0.6) is 5.75 Å². The lowest BCUT2D eigenvalue weighted by atomic mass is 10.2. The Morgan fingerprint density at radius 2 is 2.05 bits per heavy atom. The zero-order valence-corrected chi connectivity index (χ0v) is 13.4. The highest BCUT2D eigenvalue weighted by Crippen LogP contribution is 2.24. The number of aromatic nitrogens is 1. The van der Waals surface area contributed by atoms with Crippen LogP contribution in [-0.2, 0) is 6.54 Å². The molecular weight excluding hydrogens is 376 g/mol. The molecule has 0 aliphatic rings. The van der Waals surface area contributed by atoms with Crippen LogP contribution in [0.15, 0.2) is 44.3 Å². The van der Waals surface area contributed by atoms with Gasteiger partial charge in [0.05, 0.1) is 23.8 Å². The highest BCUT2D eigenvalue weighted by Gasteiger charge is 2.07. The molecule has 100 valence electrons. The van der Waals surface area contributed by atoms with E-state index in [2.05, 4.69) is 31.9 Å². The second-order valence-corrected chi connectivity index (χ2v) is 5.79. The Morgan fingerprint density at radius 3 is 2.68 bits per heavy atom. The van der Waals surface area contributed by atoms with Crippen LogP contribution < -0.4 is 15.9 Å². The number of nitrogens with two attached hydrogens (primary N) is 1. The molecule has 0 amide bonds. The minimum atomic E-state index is -0.197. The van der Waals surface area contributed by atoms with E-state index in [1.807, 2.05) is 22.8 Å². The quantitative estimate of drug-likeness (QED) is 0.880. The first-order chi connectivity index (χ1) is 9.01. The fourth-order valence-corrected chi connectivity index (χ4v) is 2.68. The monoisotopic (exact) mass is 386 g/mol. The van der Waals surface area contributed by atoms with E-state index in [-0.39, 0.29) is 11.1 Å². The van der Waals surface area contributed by atoms with Gasteiger partial charge in [-0.25, -0.2) is 0 Å². The van der Waals surface area contributed by atoms with Crippen LogP contribution in [0.3, 0.4) is 0 Å². The lowest BCUT2D eigenvalue weighted by Crippen LogP contribution is -2.13. The third-order valence-corrected chi connectivity index (χ3v) is 3.72. The standard InChI is InChI=1S/C13H12Br2N2O2/c1-19-12-3-2-9(14)4-8(12)5-17-6-10(15)13(18)11(16)7-17/h2-4,6-7H,5,16H2,1H3. The lowest BCUT2D eigenvalue weighted by molar-refractivity contribution is 0.408. The van der Waals surface area contributed by atoms with Crippen LogP contribution >= 0.6 is 31.9 Å². The van der Waals surface area contributed by atoms with Crippen molar-refractivity contribution in [1.29, 1.82) is 0 Å². The van der Waals surface area contributed by atoms with Gasteiger partial charge in [-0.3, -0.25) is 4.79 Å². The Morgan fingerprint density at radius 1 is 1.32 bits per heavy atom. The maximum atomic E-state index is 11.5. The fourth-order valence-electron chi connectivity index (χ4n) is 1.78. The number of pyridine rings is 1. The van der Waals surface area contributed by atoms with Gasteiger partial charge in [-0.15, -0.1) is 0 Å². The van der Waals surface area contributed by atoms with E-state index >= 15 is 0 Å². The molecule has 1 aromatic heterocycles. The van der Waals surface area contributed by atoms with Crippen LogP contribution in [0.4, 0.5) is 5.69 Å². The molecule has 1 aromatic carbocycles. The molecule has 0 fully saturated rings. The Bertz CT molecular complexity index is 642. The molecule has 0 radical (unpaired) electrons. The summed E-state index contributed by atoms with van der Waals surface area (Å²) in [4.78, 5) is 11.5. The molecular formula is C13H12Br2N2O2. The van der Waals surface area contributed by atoms with Gasteiger partial charge in [-0.2, -0.15) is 0 Å². The molecule has 0 aliphatic carbocycles. The molecule has 0 saturated carbocycles. The van der Waals surface area contributed by atoms with E-state index in [4.69, 9.17) is 10.5 Å². The van der Waals surface area contributed by atoms with Gasteiger partial charge in [-0.05, 0) is 34.1 Å². The second kappa shape index (κ2) is 5.79. The van der Waals surface area contributed by atoms with Crippen molar-refractivity contribution in [2.75, 3.05) is 12.8 Å². The van der Waals surface area contributed by atoms with Gasteiger partial charge in [0.15, 0.2) is 0 Å². The summed E-state index contributed by atoms with van der Waals surface area (Å²) in [6, 6.07) is 5.78. The predicted molar refractivity (Wildman–Crippen MR) is 82.6 cm³/mol. The molecule has 0 spiro atoms. The smallest absolute Gasteiger partial charge is 0.218 e. The van der Waals surface area contributed by atoms with Crippen molar-refractivity contribution in [2.24, 2.45) is 0 Å². The first kappa shape index (κ1) is 14.1. The molecule has 2 rings (SSSR count). The van der Waals surface area contributed by atoms with Crippen LogP contribution in [0, 0.1) is 0 Å². The van der Waals surface area contributed by atoms with E-state index in [1.54, 1.807) is 19.5 Å². The number of ether oxygens (including phenoxy) is 1. The third-order valence-electron chi connectivity index (χ3n) is 2.66.